The summed E-state index contributed by atoms with van der Waals surface area (Å²) in [4.78, 5) is 28.0. The summed E-state index contributed by atoms with van der Waals surface area (Å²) in [5.41, 5.74) is 2.29. The van der Waals surface area contributed by atoms with Crippen molar-refractivity contribution in [3.05, 3.63) is 52.7 Å². The molecule has 142 valence electrons. The summed E-state index contributed by atoms with van der Waals surface area (Å²) >= 11 is 1.32. The minimum absolute atomic E-state index is 0.0246. The second kappa shape index (κ2) is 8.17. The van der Waals surface area contributed by atoms with Crippen LogP contribution in [0.5, 0.6) is 0 Å². The predicted octanol–water partition coefficient (Wildman–Crippen LogP) is 5.85. The molecule has 0 N–H and O–H groups in total. The average Bonchev–Trinajstić information content (AvgIpc) is 3.06. The number of carbonyl (C=O) groups is 2. The standard InChI is InChI=1S/C22H24FNO2S/c1-14(2)24(22(26)17-6-4-15(3)5-7-17)19-12-20(27-21(19)13-25)16-8-10-18(23)11-9-16/h6,8-15H,4-5,7H2,1-3H3/t15-/m0/s1. The molecule has 0 bridgehead atoms. The van der Waals surface area contributed by atoms with Gasteiger partial charge in [-0.15, -0.1) is 11.3 Å². The van der Waals surface area contributed by atoms with Crippen LogP contribution in [0.4, 0.5) is 10.1 Å². The highest BCUT2D eigenvalue weighted by Crippen LogP contribution is 2.38. The lowest BCUT2D eigenvalue weighted by atomic mass is 9.90. The molecule has 1 aromatic carbocycles. The number of amides is 1. The smallest absolute Gasteiger partial charge is 0.254 e. The van der Waals surface area contributed by atoms with Crippen LogP contribution in [0.1, 0.15) is 49.7 Å². The highest BCUT2D eigenvalue weighted by molar-refractivity contribution is 7.17. The van der Waals surface area contributed by atoms with Gasteiger partial charge in [-0.05, 0) is 62.8 Å². The van der Waals surface area contributed by atoms with Gasteiger partial charge in [0, 0.05) is 16.5 Å². The lowest BCUT2D eigenvalue weighted by molar-refractivity contribution is -0.115. The number of hydrogen-bond acceptors (Lipinski definition) is 3. The van der Waals surface area contributed by atoms with Crippen LogP contribution in [0.15, 0.2) is 42.0 Å². The first-order valence-electron chi connectivity index (χ1n) is 9.28. The van der Waals surface area contributed by atoms with Crippen LogP contribution in [0.25, 0.3) is 10.4 Å². The number of anilines is 1. The van der Waals surface area contributed by atoms with Gasteiger partial charge in [-0.2, -0.15) is 0 Å². The van der Waals surface area contributed by atoms with E-state index in [1.54, 1.807) is 17.0 Å². The van der Waals surface area contributed by atoms with E-state index in [-0.39, 0.29) is 17.8 Å². The van der Waals surface area contributed by atoms with Crippen molar-refractivity contribution < 1.29 is 14.0 Å². The van der Waals surface area contributed by atoms with Crippen LogP contribution >= 0.6 is 11.3 Å². The molecule has 0 aliphatic heterocycles. The van der Waals surface area contributed by atoms with Gasteiger partial charge in [0.15, 0.2) is 6.29 Å². The molecule has 1 aliphatic carbocycles. The summed E-state index contributed by atoms with van der Waals surface area (Å²) in [6.07, 6.45) is 5.54. The number of hydrogen-bond donors (Lipinski definition) is 0. The van der Waals surface area contributed by atoms with E-state index in [0.29, 0.717) is 16.5 Å². The summed E-state index contributed by atoms with van der Waals surface area (Å²) < 4.78 is 13.2. The van der Waals surface area contributed by atoms with Crippen molar-refractivity contribution in [2.24, 2.45) is 5.92 Å². The summed E-state index contributed by atoms with van der Waals surface area (Å²) in [6.45, 7) is 6.10. The van der Waals surface area contributed by atoms with Gasteiger partial charge >= 0.3 is 0 Å². The topological polar surface area (TPSA) is 37.4 Å². The molecule has 0 radical (unpaired) electrons. The van der Waals surface area contributed by atoms with Crippen LogP contribution in [0.3, 0.4) is 0 Å². The van der Waals surface area contributed by atoms with Gasteiger partial charge in [0.05, 0.1) is 10.6 Å². The normalized spacial score (nSPS) is 16.9. The molecule has 3 nitrogen and oxygen atoms in total. The second-order valence-electron chi connectivity index (χ2n) is 7.36. The van der Waals surface area contributed by atoms with Crippen molar-refractivity contribution in [2.75, 3.05) is 4.90 Å². The number of allylic oxidation sites excluding steroid dienone is 1. The highest BCUT2D eigenvalue weighted by atomic mass is 32.1. The summed E-state index contributed by atoms with van der Waals surface area (Å²) in [7, 11) is 0. The second-order valence-corrected chi connectivity index (χ2v) is 8.45. The third kappa shape index (κ3) is 4.19. The van der Waals surface area contributed by atoms with Crippen LogP contribution in [-0.4, -0.2) is 18.2 Å². The van der Waals surface area contributed by atoms with Crippen LogP contribution in [-0.2, 0) is 4.79 Å². The van der Waals surface area contributed by atoms with E-state index in [4.69, 9.17) is 0 Å². The van der Waals surface area contributed by atoms with Crippen molar-refractivity contribution in [1.82, 2.24) is 0 Å². The Kier molecular flexibility index (Phi) is 5.90. The maximum absolute atomic E-state index is 13.2. The van der Waals surface area contributed by atoms with Crippen molar-refractivity contribution in [3.63, 3.8) is 0 Å². The molecular formula is C22H24FNO2S. The molecule has 2 aromatic rings. The first-order valence-corrected chi connectivity index (χ1v) is 10.1. The molecular weight excluding hydrogens is 361 g/mol. The molecule has 1 atom stereocenters. The number of benzene rings is 1. The molecule has 1 amide bonds. The van der Waals surface area contributed by atoms with Gasteiger partial charge in [0.25, 0.3) is 5.91 Å². The quantitative estimate of drug-likeness (QED) is 0.605. The van der Waals surface area contributed by atoms with E-state index in [1.807, 2.05) is 26.0 Å². The molecule has 0 fully saturated rings. The number of thiophene rings is 1. The fraction of sp³-hybridized carbons (Fsp3) is 0.364. The van der Waals surface area contributed by atoms with E-state index in [0.717, 1.165) is 41.6 Å². The number of nitrogens with zero attached hydrogens (tertiary/aromatic N) is 1. The minimum Gasteiger partial charge on any atom is -0.305 e. The maximum Gasteiger partial charge on any atom is 0.254 e. The molecule has 3 rings (SSSR count). The average molecular weight is 386 g/mol. The zero-order chi connectivity index (χ0) is 19.6. The summed E-state index contributed by atoms with van der Waals surface area (Å²) in [5, 5.41) is 0. The summed E-state index contributed by atoms with van der Waals surface area (Å²) in [6, 6.07) is 7.96. The zero-order valence-corrected chi connectivity index (χ0v) is 16.7. The zero-order valence-electron chi connectivity index (χ0n) is 15.9. The lowest BCUT2D eigenvalue weighted by Gasteiger charge is -2.29. The van der Waals surface area contributed by atoms with Gasteiger partial charge in [-0.3, -0.25) is 9.59 Å². The van der Waals surface area contributed by atoms with Gasteiger partial charge < -0.3 is 4.90 Å². The van der Waals surface area contributed by atoms with Crippen molar-refractivity contribution in [1.29, 1.82) is 0 Å². The Hall–Kier alpha value is -2.27. The number of halogens is 1. The van der Waals surface area contributed by atoms with Crippen LogP contribution in [0.2, 0.25) is 0 Å². The third-order valence-electron chi connectivity index (χ3n) is 4.92. The molecule has 1 aliphatic rings. The fourth-order valence-electron chi connectivity index (χ4n) is 3.36. The molecule has 5 heteroatoms. The molecule has 1 heterocycles. The Balaban J connectivity index is 1.99. The van der Waals surface area contributed by atoms with Crippen LogP contribution < -0.4 is 4.90 Å². The Morgan fingerprint density at radius 2 is 2.00 bits per heavy atom. The third-order valence-corrected chi connectivity index (χ3v) is 6.02. The fourth-order valence-corrected chi connectivity index (χ4v) is 4.33. The molecule has 0 saturated heterocycles. The van der Waals surface area contributed by atoms with E-state index < -0.39 is 0 Å². The van der Waals surface area contributed by atoms with E-state index in [2.05, 4.69) is 6.92 Å². The Labute approximate surface area is 163 Å². The first kappa shape index (κ1) is 19.5. The van der Waals surface area contributed by atoms with Gasteiger partial charge in [-0.1, -0.05) is 25.1 Å². The Bertz CT molecular complexity index is 867. The molecule has 0 unspecified atom stereocenters. The lowest BCUT2D eigenvalue weighted by Crippen LogP contribution is -2.38. The maximum atomic E-state index is 13.2. The van der Waals surface area contributed by atoms with Gasteiger partial charge in [0.1, 0.15) is 5.82 Å². The Morgan fingerprint density at radius 3 is 2.56 bits per heavy atom. The van der Waals surface area contributed by atoms with E-state index in [9.17, 15) is 14.0 Å². The molecule has 0 saturated carbocycles. The number of aldehydes is 1. The summed E-state index contributed by atoms with van der Waals surface area (Å²) in [5.74, 6) is 0.276. The number of rotatable bonds is 5. The molecule has 1 aromatic heterocycles. The Morgan fingerprint density at radius 1 is 1.30 bits per heavy atom. The largest absolute Gasteiger partial charge is 0.305 e. The number of carbonyl (C=O) groups excluding carboxylic acids is 2. The van der Waals surface area contributed by atoms with E-state index >= 15 is 0 Å². The monoisotopic (exact) mass is 385 g/mol. The predicted molar refractivity (Wildman–Crippen MR) is 109 cm³/mol. The minimum atomic E-state index is -0.302. The van der Waals surface area contributed by atoms with Crippen molar-refractivity contribution in [2.45, 2.75) is 46.1 Å². The van der Waals surface area contributed by atoms with Gasteiger partial charge in [0.2, 0.25) is 0 Å². The van der Waals surface area contributed by atoms with Crippen molar-refractivity contribution >= 4 is 29.2 Å². The highest BCUT2D eigenvalue weighted by Gasteiger charge is 2.28. The van der Waals surface area contributed by atoms with E-state index in [1.165, 1.54) is 23.5 Å². The first-order chi connectivity index (χ1) is 12.9. The van der Waals surface area contributed by atoms with Crippen molar-refractivity contribution in [3.8, 4) is 10.4 Å². The van der Waals surface area contributed by atoms with Gasteiger partial charge in [-0.25, -0.2) is 4.39 Å². The molecule has 27 heavy (non-hydrogen) atoms. The SMILES string of the molecule is CC(C)N(C(=O)C1=CC[C@H](C)CC1)c1cc(-c2ccc(F)cc2)sc1C=O. The van der Waals surface area contributed by atoms with Crippen LogP contribution in [0, 0.1) is 11.7 Å². The molecule has 0 spiro atoms.